The summed E-state index contributed by atoms with van der Waals surface area (Å²) in [6.45, 7) is 4.65. The van der Waals surface area contributed by atoms with Crippen LogP contribution in [0.4, 0.5) is 13.2 Å². The second kappa shape index (κ2) is 7.74. The molecule has 0 spiro atoms. The molecule has 1 atom stereocenters. The van der Waals surface area contributed by atoms with Gasteiger partial charge in [0, 0.05) is 13.1 Å². The van der Waals surface area contributed by atoms with Crippen LogP contribution in [0.2, 0.25) is 0 Å². The van der Waals surface area contributed by atoms with Gasteiger partial charge in [0.25, 0.3) is 5.91 Å². The SMILES string of the molecule is Cc1noc(C)c1C(=O)N1CCCC(CCc2ccccc2C(F)(F)F)C1. The minimum absolute atomic E-state index is 0.105. The van der Waals surface area contributed by atoms with E-state index in [1.807, 2.05) is 0 Å². The lowest BCUT2D eigenvalue weighted by Crippen LogP contribution is -2.40. The first-order chi connectivity index (χ1) is 12.8. The predicted molar refractivity (Wildman–Crippen MR) is 94.4 cm³/mol. The summed E-state index contributed by atoms with van der Waals surface area (Å²) >= 11 is 0. The van der Waals surface area contributed by atoms with Gasteiger partial charge in [-0.2, -0.15) is 13.2 Å². The maximum atomic E-state index is 13.1. The first-order valence-corrected chi connectivity index (χ1v) is 9.14. The first-order valence-electron chi connectivity index (χ1n) is 9.14. The zero-order valence-electron chi connectivity index (χ0n) is 15.5. The molecule has 0 bridgehead atoms. The number of likely N-dealkylation sites (tertiary alicyclic amines) is 1. The summed E-state index contributed by atoms with van der Waals surface area (Å²) in [7, 11) is 0. The van der Waals surface area contributed by atoms with E-state index >= 15 is 0 Å². The Morgan fingerprint density at radius 3 is 2.70 bits per heavy atom. The minimum atomic E-state index is -4.34. The second-order valence-corrected chi connectivity index (χ2v) is 7.15. The lowest BCUT2D eigenvalue weighted by Gasteiger charge is -2.33. The van der Waals surface area contributed by atoms with Gasteiger partial charge >= 0.3 is 6.18 Å². The molecule has 146 valence electrons. The topological polar surface area (TPSA) is 46.3 Å². The van der Waals surface area contributed by atoms with Gasteiger partial charge in [-0.05, 0) is 57.1 Å². The van der Waals surface area contributed by atoms with Gasteiger partial charge in [-0.3, -0.25) is 4.79 Å². The van der Waals surface area contributed by atoms with Crippen LogP contribution in [0.1, 0.15) is 52.2 Å². The molecule has 0 N–H and O–H groups in total. The smallest absolute Gasteiger partial charge is 0.361 e. The van der Waals surface area contributed by atoms with Crippen molar-refractivity contribution in [2.24, 2.45) is 5.92 Å². The van der Waals surface area contributed by atoms with Crippen molar-refractivity contribution in [3.05, 3.63) is 52.4 Å². The molecule has 1 fully saturated rings. The Kier molecular flexibility index (Phi) is 5.58. The van der Waals surface area contributed by atoms with Crippen molar-refractivity contribution in [3.63, 3.8) is 0 Å². The molecule has 2 aromatic rings. The molecule has 2 heterocycles. The number of amides is 1. The van der Waals surface area contributed by atoms with E-state index in [0.29, 0.717) is 48.5 Å². The number of alkyl halides is 3. The van der Waals surface area contributed by atoms with Crippen LogP contribution in [0.3, 0.4) is 0 Å². The number of benzene rings is 1. The third-order valence-electron chi connectivity index (χ3n) is 5.20. The summed E-state index contributed by atoms with van der Waals surface area (Å²) in [6.07, 6.45) is -1.60. The Bertz CT molecular complexity index is 794. The molecular formula is C20H23F3N2O2. The van der Waals surface area contributed by atoms with E-state index in [0.717, 1.165) is 18.9 Å². The van der Waals surface area contributed by atoms with Crippen LogP contribution in [-0.2, 0) is 12.6 Å². The van der Waals surface area contributed by atoms with Crippen LogP contribution in [0.25, 0.3) is 0 Å². The highest BCUT2D eigenvalue weighted by Crippen LogP contribution is 2.33. The van der Waals surface area contributed by atoms with Gasteiger partial charge in [0.05, 0.1) is 11.3 Å². The predicted octanol–water partition coefficient (Wildman–Crippen LogP) is 4.80. The van der Waals surface area contributed by atoms with E-state index in [4.69, 9.17) is 4.52 Å². The monoisotopic (exact) mass is 380 g/mol. The molecule has 3 rings (SSSR count). The average Bonchev–Trinajstić information content (AvgIpc) is 2.97. The van der Waals surface area contributed by atoms with Crippen molar-refractivity contribution in [1.29, 1.82) is 0 Å². The van der Waals surface area contributed by atoms with Gasteiger partial charge in [0.15, 0.2) is 0 Å². The lowest BCUT2D eigenvalue weighted by molar-refractivity contribution is -0.138. The number of hydrogen-bond acceptors (Lipinski definition) is 3. The highest BCUT2D eigenvalue weighted by Gasteiger charge is 2.33. The zero-order chi connectivity index (χ0) is 19.6. The summed E-state index contributed by atoms with van der Waals surface area (Å²) in [4.78, 5) is 14.6. The summed E-state index contributed by atoms with van der Waals surface area (Å²) in [6, 6.07) is 5.72. The molecule has 0 aliphatic carbocycles. The van der Waals surface area contributed by atoms with Gasteiger partial charge in [0.2, 0.25) is 0 Å². The molecule has 1 aromatic heterocycles. The fourth-order valence-corrected chi connectivity index (χ4v) is 3.81. The summed E-state index contributed by atoms with van der Waals surface area (Å²) in [5, 5.41) is 3.83. The molecule has 1 unspecified atom stereocenters. The van der Waals surface area contributed by atoms with E-state index in [2.05, 4.69) is 5.16 Å². The fourth-order valence-electron chi connectivity index (χ4n) is 3.81. The van der Waals surface area contributed by atoms with E-state index in [9.17, 15) is 18.0 Å². The molecule has 7 heteroatoms. The third-order valence-corrected chi connectivity index (χ3v) is 5.20. The van der Waals surface area contributed by atoms with Crippen molar-refractivity contribution in [2.75, 3.05) is 13.1 Å². The molecular weight excluding hydrogens is 357 g/mol. The number of aromatic nitrogens is 1. The van der Waals surface area contributed by atoms with Gasteiger partial charge < -0.3 is 9.42 Å². The van der Waals surface area contributed by atoms with E-state index in [-0.39, 0.29) is 11.8 Å². The highest BCUT2D eigenvalue weighted by atomic mass is 19.4. The number of nitrogens with zero attached hydrogens (tertiary/aromatic N) is 2. The quantitative estimate of drug-likeness (QED) is 0.766. The Labute approximate surface area is 156 Å². The Morgan fingerprint density at radius 2 is 2.04 bits per heavy atom. The number of rotatable bonds is 4. The number of carbonyl (C=O) groups excluding carboxylic acids is 1. The number of piperidine rings is 1. The molecule has 1 aliphatic heterocycles. The fraction of sp³-hybridized carbons (Fsp3) is 0.500. The molecule has 1 aliphatic rings. The van der Waals surface area contributed by atoms with Crippen molar-refractivity contribution in [2.45, 2.75) is 45.7 Å². The molecule has 4 nitrogen and oxygen atoms in total. The third kappa shape index (κ3) is 4.34. The first kappa shape index (κ1) is 19.5. The highest BCUT2D eigenvalue weighted by molar-refractivity contribution is 5.96. The summed E-state index contributed by atoms with van der Waals surface area (Å²) < 4.78 is 44.5. The van der Waals surface area contributed by atoms with Gasteiger partial charge in [0.1, 0.15) is 11.3 Å². The Balaban J connectivity index is 1.65. The van der Waals surface area contributed by atoms with Crippen LogP contribution in [0.5, 0.6) is 0 Å². The van der Waals surface area contributed by atoms with Gasteiger partial charge in [-0.1, -0.05) is 23.4 Å². The molecule has 1 saturated heterocycles. The summed E-state index contributed by atoms with van der Waals surface area (Å²) in [5.41, 5.74) is 0.820. The number of carbonyl (C=O) groups is 1. The molecule has 0 radical (unpaired) electrons. The van der Waals surface area contributed by atoms with Crippen molar-refractivity contribution < 1.29 is 22.5 Å². The summed E-state index contributed by atoms with van der Waals surface area (Å²) in [5.74, 6) is 0.579. The second-order valence-electron chi connectivity index (χ2n) is 7.15. The standard InChI is InChI=1S/C20H23F3N2O2/c1-13-18(14(2)27-24-13)19(26)25-11-5-6-15(12-25)9-10-16-7-3-4-8-17(16)20(21,22)23/h3-4,7-8,15H,5-6,9-12H2,1-2H3. The number of aryl methyl sites for hydroxylation is 3. The molecule has 27 heavy (non-hydrogen) atoms. The van der Waals surface area contributed by atoms with Crippen LogP contribution < -0.4 is 0 Å². The number of halogens is 3. The molecule has 1 aromatic carbocycles. The average molecular weight is 380 g/mol. The largest absolute Gasteiger partial charge is 0.416 e. The van der Waals surface area contributed by atoms with Crippen LogP contribution >= 0.6 is 0 Å². The Hall–Kier alpha value is -2.31. The maximum Gasteiger partial charge on any atom is 0.416 e. The van der Waals surface area contributed by atoms with E-state index < -0.39 is 11.7 Å². The molecule has 1 amide bonds. The normalized spacial score (nSPS) is 18.0. The van der Waals surface area contributed by atoms with Crippen molar-refractivity contribution >= 4 is 5.91 Å². The zero-order valence-corrected chi connectivity index (χ0v) is 15.5. The van der Waals surface area contributed by atoms with E-state index in [1.54, 1.807) is 30.9 Å². The van der Waals surface area contributed by atoms with Gasteiger partial charge in [-0.15, -0.1) is 0 Å². The van der Waals surface area contributed by atoms with E-state index in [1.165, 1.54) is 6.07 Å². The molecule has 0 saturated carbocycles. The van der Waals surface area contributed by atoms with Crippen molar-refractivity contribution in [1.82, 2.24) is 10.1 Å². The maximum absolute atomic E-state index is 13.1. The van der Waals surface area contributed by atoms with Gasteiger partial charge in [-0.25, -0.2) is 0 Å². The van der Waals surface area contributed by atoms with Crippen LogP contribution in [0, 0.1) is 19.8 Å². The van der Waals surface area contributed by atoms with Crippen molar-refractivity contribution in [3.8, 4) is 0 Å². The Morgan fingerprint density at radius 1 is 1.30 bits per heavy atom. The number of hydrogen-bond donors (Lipinski definition) is 0. The lowest BCUT2D eigenvalue weighted by atomic mass is 9.90. The van der Waals surface area contributed by atoms with Crippen LogP contribution in [-0.4, -0.2) is 29.1 Å². The van der Waals surface area contributed by atoms with Crippen LogP contribution in [0.15, 0.2) is 28.8 Å². The minimum Gasteiger partial charge on any atom is -0.361 e.